The van der Waals surface area contributed by atoms with E-state index in [1.165, 1.54) is 103 Å². The maximum absolute atomic E-state index is 5.34. The van der Waals surface area contributed by atoms with Crippen LogP contribution in [0.5, 0.6) is 0 Å². The maximum atomic E-state index is 5.34. The van der Waals surface area contributed by atoms with Gasteiger partial charge < -0.3 is 4.40 Å². The molecule has 5 aromatic rings. The van der Waals surface area contributed by atoms with Gasteiger partial charge in [-0.2, -0.15) is 0 Å². The monoisotopic (exact) mass is 483 g/mol. The summed E-state index contributed by atoms with van der Waals surface area (Å²) in [4.78, 5) is 10.7. The molecule has 184 valence electrons. The van der Waals surface area contributed by atoms with E-state index in [2.05, 4.69) is 35.0 Å². The second-order valence-corrected chi connectivity index (χ2v) is 14.3. The van der Waals surface area contributed by atoms with Crippen molar-refractivity contribution in [1.82, 2.24) is 14.4 Å². The molecular weight excluding hydrogens is 450 g/mol. The number of hydrogen-bond donors (Lipinski definition) is 0. The molecule has 4 atom stereocenters. The molecule has 0 spiro atoms. The molecule has 3 nitrogen and oxygen atoms in total. The number of benzene rings is 1. The van der Waals surface area contributed by atoms with Crippen molar-refractivity contribution in [3.8, 4) is 0 Å². The average molecular weight is 484 g/mol. The molecule has 8 bridgehead atoms. The summed E-state index contributed by atoms with van der Waals surface area (Å²) in [6, 6.07) is 7.22. The van der Waals surface area contributed by atoms with Crippen LogP contribution in [0.4, 0.5) is 0 Å². The van der Waals surface area contributed by atoms with Gasteiger partial charge in [-0.25, -0.2) is 0 Å². The van der Waals surface area contributed by atoms with Crippen molar-refractivity contribution in [3.05, 3.63) is 53.1 Å². The Bertz CT molecular complexity index is 1660. The highest BCUT2D eigenvalue weighted by Gasteiger charge is 2.46. The lowest BCUT2D eigenvalue weighted by molar-refractivity contribution is 0.165. The van der Waals surface area contributed by atoms with Gasteiger partial charge in [0.2, 0.25) is 0 Å². The third-order valence-corrected chi connectivity index (χ3v) is 12.4. The van der Waals surface area contributed by atoms with Crippen molar-refractivity contribution in [2.45, 2.75) is 87.9 Å². The third kappa shape index (κ3) is 2.22. The number of pyridine rings is 2. The van der Waals surface area contributed by atoms with E-state index in [0.717, 1.165) is 23.7 Å². The highest BCUT2D eigenvalue weighted by atomic mass is 14.9. The standard InChI is InChI=1S/C34H33N3/c1-2-24-30-26(14-35-32-22-10-16-4-17(11-22)7-20(6-16)28(30)32)37-27-15-36-33-23-12-18-5-19(13-23)9-21(8-18)29(33)31(27)25(3-1)34(24)37/h1-3,14-23H,4-13H2. The van der Waals surface area contributed by atoms with Gasteiger partial charge in [0.05, 0.1) is 28.9 Å². The molecule has 0 aliphatic heterocycles. The van der Waals surface area contributed by atoms with Crippen molar-refractivity contribution in [2.24, 2.45) is 23.7 Å². The molecule has 0 N–H and O–H groups in total. The van der Waals surface area contributed by atoms with Gasteiger partial charge in [0.15, 0.2) is 0 Å². The molecule has 8 aliphatic rings. The Labute approximate surface area is 217 Å². The molecule has 4 heterocycles. The SMILES string of the molecule is c1cc2c3c4c(ncc3n3c5cnc6c(c5c(c1)c23)C1CC2CC(CC6C2)C1)C1CC2CC(C1)CC4C2. The maximum Gasteiger partial charge on any atom is 0.0728 e. The summed E-state index contributed by atoms with van der Waals surface area (Å²) in [5.74, 6) is 6.50. The minimum atomic E-state index is 0.690. The molecule has 13 rings (SSSR count). The van der Waals surface area contributed by atoms with Crippen molar-refractivity contribution in [2.75, 3.05) is 0 Å². The van der Waals surface area contributed by atoms with Crippen molar-refractivity contribution < 1.29 is 0 Å². The van der Waals surface area contributed by atoms with E-state index in [0.29, 0.717) is 23.7 Å². The number of nitrogens with zero attached hydrogens (tertiary/aromatic N) is 3. The molecule has 1 aromatic carbocycles. The third-order valence-electron chi connectivity index (χ3n) is 12.4. The van der Waals surface area contributed by atoms with Crippen LogP contribution in [0.3, 0.4) is 0 Å². The van der Waals surface area contributed by atoms with Crippen LogP contribution in [0.2, 0.25) is 0 Å². The van der Waals surface area contributed by atoms with E-state index < -0.39 is 0 Å². The van der Waals surface area contributed by atoms with Gasteiger partial charge in [0.1, 0.15) is 0 Å². The predicted octanol–water partition coefficient (Wildman–Crippen LogP) is 8.41. The van der Waals surface area contributed by atoms with Gasteiger partial charge >= 0.3 is 0 Å². The van der Waals surface area contributed by atoms with E-state index in [4.69, 9.17) is 9.97 Å². The van der Waals surface area contributed by atoms with E-state index in [9.17, 15) is 0 Å². The van der Waals surface area contributed by atoms with Gasteiger partial charge in [0, 0.05) is 44.8 Å². The summed E-state index contributed by atoms with van der Waals surface area (Å²) < 4.78 is 2.60. The number of rotatable bonds is 0. The topological polar surface area (TPSA) is 30.2 Å². The van der Waals surface area contributed by atoms with E-state index in [1.807, 2.05) is 0 Å². The van der Waals surface area contributed by atoms with Gasteiger partial charge in [-0.15, -0.1) is 0 Å². The smallest absolute Gasteiger partial charge is 0.0728 e. The Hall–Kier alpha value is -2.68. The summed E-state index contributed by atoms with van der Waals surface area (Å²) in [6.45, 7) is 0. The van der Waals surface area contributed by atoms with Gasteiger partial charge in [0.25, 0.3) is 0 Å². The zero-order chi connectivity index (χ0) is 23.6. The van der Waals surface area contributed by atoms with Crippen molar-refractivity contribution in [1.29, 1.82) is 0 Å². The van der Waals surface area contributed by atoms with Crippen molar-refractivity contribution in [3.63, 3.8) is 0 Å². The lowest BCUT2D eigenvalue weighted by Crippen LogP contribution is -2.25. The first-order chi connectivity index (χ1) is 18.3. The van der Waals surface area contributed by atoms with E-state index in [-0.39, 0.29) is 0 Å². The fraction of sp³-hybridized carbons (Fsp3) is 0.529. The lowest BCUT2D eigenvalue weighted by Gasteiger charge is -2.38. The van der Waals surface area contributed by atoms with Crippen LogP contribution >= 0.6 is 0 Å². The van der Waals surface area contributed by atoms with Crippen LogP contribution in [0, 0.1) is 23.7 Å². The normalized spacial score (nSPS) is 37.2. The lowest BCUT2D eigenvalue weighted by atomic mass is 9.67. The first kappa shape index (κ1) is 19.4. The van der Waals surface area contributed by atoms with Crippen LogP contribution in [0.15, 0.2) is 30.6 Å². The quantitative estimate of drug-likeness (QED) is 0.221. The van der Waals surface area contributed by atoms with Crippen LogP contribution < -0.4 is 0 Å². The molecule has 0 amide bonds. The minimum absolute atomic E-state index is 0.690. The Morgan fingerprint density at radius 2 is 0.973 bits per heavy atom. The zero-order valence-corrected chi connectivity index (χ0v) is 21.4. The second-order valence-electron chi connectivity index (χ2n) is 14.3. The molecule has 4 fully saturated rings. The molecule has 4 saturated carbocycles. The summed E-state index contributed by atoms with van der Waals surface area (Å²) in [6.07, 6.45) is 18.6. The Morgan fingerprint density at radius 1 is 0.541 bits per heavy atom. The average Bonchev–Trinajstić information content (AvgIpc) is 3.29. The van der Waals surface area contributed by atoms with Crippen LogP contribution in [-0.2, 0) is 0 Å². The highest BCUT2D eigenvalue weighted by Crippen LogP contribution is 2.60. The molecule has 37 heavy (non-hydrogen) atoms. The Balaban J connectivity index is 1.28. The summed E-state index contributed by atoms with van der Waals surface area (Å²) in [7, 11) is 0. The summed E-state index contributed by atoms with van der Waals surface area (Å²) in [5.41, 5.74) is 10.4. The Morgan fingerprint density at radius 3 is 1.43 bits per heavy atom. The molecule has 8 aliphatic carbocycles. The van der Waals surface area contributed by atoms with E-state index in [1.54, 1.807) is 21.9 Å². The Kier molecular flexibility index (Phi) is 3.30. The fourth-order valence-electron chi connectivity index (χ4n) is 11.6. The summed E-state index contributed by atoms with van der Waals surface area (Å²) >= 11 is 0. The molecule has 0 radical (unpaired) electrons. The largest absolute Gasteiger partial charge is 0.305 e. The summed E-state index contributed by atoms with van der Waals surface area (Å²) in [5, 5.41) is 6.05. The highest BCUT2D eigenvalue weighted by molar-refractivity contribution is 6.24. The molecule has 4 aromatic heterocycles. The number of para-hydroxylation sites is 1. The van der Waals surface area contributed by atoms with Gasteiger partial charge in [-0.05, 0) is 111 Å². The number of hydrogen-bond acceptors (Lipinski definition) is 2. The van der Waals surface area contributed by atoms with Gasteiger partial charge in [-0.3, -0.25) is 9.97 Å². The molecule has 3 heteroatoms. The predicted molar refractivity (Wildman–Crippen MR) is 148 cm³/mol. The van der Waals surface area contributed by atoms with Crippen LogP contribution in [0.1, 0.15) is 110 Å². The van der Waals surface area contributed by atoms with Crippen LogP contribution in [-0.4, -0.2) is 14.4 Å². The zero-order valence-electron chi connectivity index (χ0n) is 21.4. The number of fused-ring (bicyclic) bond motifs is 6. The van der Waals surface area contributed by atoms with Gasteiger partial charge in [-0.1, -0.05) is 18.2 Å². The second kappa shape index (κ2) is 6.30. The van der Waals surface area contributed by atoms with Crippen molar-refractivity contribution >= 4 is 38.1 Å². The first-order valence-electron chi connectivity index (χ1n) is 15.3. The molecule has 4 unspecified atom stereocenters. The fourth-order valence-corrected chi connectivity index (χ4v) is 11.6. The minimum Gasteiger partial charge on any atom is -0.305 e. The van der Waals surface area contributed by atoms with Crippen LogP contribution in [0.25, 0.3) is 38.1 Å². The first-order valence-corrected chi connectivity index (χ1v) is 15.3. The molecular formula is C34H33N3. The van der Waals surface area contributed by atoms with E-state index >= 15 is 0 Å². The molecule has 0 saturated heterocycles. The number of aromatic nitrogens is 3.